The van der Waals surface area contributed by atoms with Gasteiger partial charge in [-0.1, -0.05) is 158 Å². The molecule has 4 heteroatoms. The van der Waals surface area contributed by atoms with Gasteiger partial charge in [-0.05, 0) is 79.8 Å². The average molecular weight is 713 g/mol. The topological polar surface area (TPSA) is 51.6 Å². The quantitative estimate of drug-likeness (QED) is 0.167. The molecule has 0 saturated carbocycles. The summed E-state index contributed by atoms with van der Waals surface area (Å²) in [5.41, 5.74) is 11.7. The van der Waals surface area contributed by atoms with E-state index in [1.807, 2.05) is 42.5 Å². The van der Waals surface area contributed by atoms with Crippen LogP contribution in [-0.4, -0.2) is 20.2 Å². The maximum atomic E-state index is 5.23. The second kappa shape index (κ2) is 13.1. The fourth-order valence-corrected chi connectivity index (χ4v) is 8.10. The molecule has 0 atom stereocenters. The summed E-state index contributed by atoms with van der Waals surface area (Å²) in [5, 5.41) is 18.9. The van der Waals surface area contributed by atoms with Crippen molar-refractivity contribution < 1.29 is 0 Å². The van der Waals surface area contributed by atoms with E-state index in [0.717, 1.165) is 66.8 Å². The van der Waals surface area contributed by atoms with Crippen LogP contribution < -0.4 is 0 Å². The lowest BCUT2D eigenvalue weighted by Gasteiger charge is -2.12. The third kappa shape index (κ3) is 5.47. The lowest BCUT2D eigenvalue weighted by molar-refractivity contribution is 1.04. The lowest BCUT2D eigenvalue weighted by atomic mass is 9.92. The molecule has 0 fully saturated rings. The molecule has 0 bridgehead atoms. The van der Waals surface area contributed by atoms with Crippen LogP contribution in [0.1, 0.15) is 0 Å². The van der Waals surface area contributed by atoms with Crippen LogP contribution in [0, 0.1) is 0 Å². The zero-order chi connectivity index (χ0) is 37.0. The van der Waals surface area contributed by atoms with Crippen molar-refractivity contribution >= 4 is 54.1 Å². The smallest absolute Gasteiger partial charge is 0.0972 e. The Morgan fingerprint density at radius 1 is 0.232 bits per heavy atom. The number of rotatable bonds is 5. The zero-order valence-corrected chi connectivity index (χ0v) is 30.3. The van der Waals surface area contributed by atoms with E-state index in [4.69, 9.17) is 9.97 Å². The number of benzene rings is 8. The van der Waals surface area contributed by atoms with Crippen molar-refractivity contribution in [3.05, 3.63) is 194 Å². The maximum absolute atomic E-state index is 5.23. The molecule has 0 aliphatic rings. The molecule has 3 heterocycles. The van der Waals surface area contributed by atoms with Gasteiger partial charge >= 0.3 is 0 Å². The van der Waals surface area contributed by atoms with Gasteiger partial charge in [-0.15, -0.1) is 10.2 Å². The van der Waals surface area contributed by atoms with Crippen molar-refractivity contribution in [3.63, 3.8) is 0 Å². The minimum atomic E-state index is 0.817. The van der Waals surface area contributed by atoms with Crippen LogP contribution in [-0.2, 0) is 0 Å². The van der Waals surface area contributed by atoms with Gasteiger partial charge < -0.3 is 0 Å². The minimum absolute atomic E-state index is 0.817. The Bertz CT molecular complexity index is 3250. The minimum Gasteiger partial charge on any atom is -0.245 e. The lowest BCUT2D eigenvalue weighted by Crippen LogP contribution is -1.93. The Hall–Kier alpha value is -7.56. The SMILES string of the molecule is c1ccc(-c2ccc(-c3cccc(-c4ccc5ccc6ccc(-c7ccc(-c8ccc9c%10ccccc%10c%10ccccc%10c9c8)cc7)nc6c5n4)c3)nn2)cc1. The second-order valence-corrected chi connectivity index (χ2v) is 14.3. The fourth-order valence-electron chi connectivity index (χ4n) is 8.10. The first-order valence-electron chi connectivity index (χ1n) is 18.9. The van der Waals surface area contributed by atoms with Crippen LogP contribution in [0.15, 0.2) is 194 Å². The van der Waals surface area contributed by atoms with Crippen molar-refractivity contribution in [2.45, 2.75) is 0 Å². The maximum Gasteiger partial charge on any atom is 0.0972 e. The highest BCUT2D eigenvalue weighted by Crippen LogP contribution is 2.38. The van der Waals surface area contributed by atoms with E-state index in [9.17, 15) is 0 Å². The van der Waals surface area contributed by atoms with E-state index in [0.29, 0.717) is 0 Å². The van der Waals surface area contributed by atoms with Crippen LogP contribution in [0.25, 0.3) is 110 Å². The van der Waals surface area contributed by atoms with Crippen LogP contribution in [0.3, 0.4) is 0 Å². The fraction of sp³-hybridized carbons (Fsp3) is 0. The van der Waals surface area contributed by atoms with Crippen LogP contribution in [0.2, 0.25) is 0 Å². The number of hydrogen-bond acceptors (Lipinski definition) is 4. The van der Waals surface area contributed by atoms with Gasteiger partial charge in [0.05, 0.1) is 33.8 Å². The summed E-state index contributed by atoms with van der Waals surface area (Å²) in [5.74, 6) is 0. The molecule has 56 heavy (non-hydrogen) atoms. The molecule has 3 aromatic heterocycles. The van der Waals surface area contributed by atoms with Gasteiger partial charge in [0.2, 0.25) is 0 Å². The van der Waals surface area contributed by atoms with Crippen LogP contribution in [0.4, 0.5) is 0 Å². The second-order valence-electron chi connectivity index (χ2n) is 14.3. The van der Waals surface area contributed by atoms with Crippen molar-refractivity contribution in [3.8, 4) is 56.2 Å². The summed E-state index contributed by atoms with van der Waals surface area (Å²) < 4.78 is 0. The van der Waals surface area contributed by atoms with Crippen molar-refractivity contribution in [2.75, 3.05) is 0 Å². The highest BCUT2D eigenvalue weighted by atomic mass is 15.1. The van der Waals surface area contributed by atoms with Gasteiger partial charge in [0.15, 0.2) is 0 Å². The Balaban J connectivity index is 0.930. The van der Waals surface area contributed by atoms with Gasteiger partial charge in [-0.3, -0.25) is 0 Å². The molecule has 8 aromatic carbocycles. The molecule has 0 amide bonds. The summed E-state index contributed by atoms with van der Waals surface area (Å²) in [6.45, 7) is 0. The molecule has 11 aromatic rings. The summed E-state index contributed by atoms with van der Waals surface area (Å²) in [6, 6.07) is 68.3. The van der Waals surface area contributed by atoms with Gasteiger partial charge in [0.1, 0.15) is 0 Å². The molecule has 0 aliphatic heterocycles. The zero-order valence-electron chi connectivity index (χ0n) is 30.3. The summed E-state index contributed by atoms with van der Waals surface area (Å²) >= 11 is 0. The highest BCUT2D eigenvalue weighted by molar-refractivity contribution is 6.25. The van der Waals surface area contributed by atoms with Crippen LogP contribution >= 0.6 is 0 Å². The first-order valence-corrected chi connectivity index (χ1v) is 18.9. The predicted molar refractivity (Wildman–Crippen MR) is 232 cm³/mol. The summed E-state index contributed by atoms with van der Waals surface area (Å²) in [6.07, 6.45) is 0. The van der Waals surface area contributed by atoms with E-state index in [-0.39, 0.29) is 0 Å². The molecule has 0 radical (unpaired) electrons. The van der Waals surface area contributed by atoms with Crippen molar-refractivity contribution in [2.24, 2.45) is 0 Å². The molecular weight excluding hydrogens is 681 g/mol. The van der Waals surface area contributed by atoms with E-state index >= 15 is 0 Å². The molecule has 4 nitrogen and oxygen atoms in total. The third-order valence-electron chi connectivity index (χ3n) is 11.0. The molecule has 0 saturated heterocycles. The highest BCUT2D eigenvalue weighted by Gasteiger charge is 2.13. The Morgan fingerprint density at radius 3 is 1.25 bits per heavy atom. The normalized spacial score (nSPS) is 11.6. The molecule has 0 spiro atoms. The van der Waals surface area contributed by atoms with Crippen molar-refractivity contribution in [1.82, 2.24) is 20.2 Å². The molecule has 0 N–H and O–H groups in total. The molecule has 260 valence electrons. The molecule has 0 unspecified atom stereocenters. The Morgan fingerprint density at radius 2 is 0.643 bits per heavy atom. The number of pyridine rings is 2. The van der Waals surface area contributed by atoms with Gasteiger partial charge in [-0.2, -0.15) is 0 Å². The van der Waals surface area contributed by atoms with E-state index in [1.165, 1.54) is 43.4 Å². The Labute approximate surface area is 323 Å². The van der Waals surface area contributed by atoms with Gasteiger partial charge in [-0.25, -0.2) is 9.97 Å². The first kappa shape index (κ1) is 31.9. The summed E-state index contributed by atoms with van der Waals surface area (Å²) in [7, 11) is 0. The predicted octanol–water partition coefficient (Wildman–Crippen LogP) is 13.4. The Kier molecular flexibility index (Phi) is 7.46. The van der Waals surface area contributed by atoms with Crippen LogP contribution in [0.5, 0.6) is 0 Å². The van der Waals surface area contributed by atoms with Gasteiger partial charge in [0, 0.05) is 33.0 Å². The third-order valence-corrected chi connectivity index (χ3v) is 11.0. The van der Waals surface area contributed by atoms with E-state index < -0.39 is 0 Å². The van der Waals surface area contributed by atoms with Gasteiger partial charge in [0.25, 0.3) is 0 Å². The molecular formula is C52H32N4. The summed E-state index contributed by atoms with van der Waals surface area (Å²) in [4.78, 5) is 10.4. The average Bonchev–Trinajstić information content (AvgIpc) is 3.29. The van der Waals surface area contributed by atoms with Crippen molar-refractivity contribution in [1.29, 1.82) is 0 Å². The largest absolute Gasteiger partial charge is 0.245 e. The standard InChI is InChI=1S/C52H32N4/c1-2-9-34(10-3-1)49-29-30-50(56-55-49)40-12-8-11-39(31-40)48-28-25-37-22-21-36-24-27-47(53-51(36)52(37)54-48)35-19-17-33(18-20-35)38-23-26-45-43-15-5-4-13-41(43)42-14-6-7-16-44(42)46(45)32-38/h1-32H. The number of aromatic nitrogens is 4. The number of fused-ring (bicyclic) bond motifs is 9. The monoisotopic (exact) mass is 712 g/mol. The molecule has 11 rings (SSSR count). The van der Waals surface area contributed by atoms with E-state index in [1.54, 1.807) is 0 Å². The number of nitrogens with zero attached hydrogens (tertiary/aromatic N) is 4. The molecule has 0 aliphatic carbocycles. The first-order chi connectivity index (χ1) is 27.7. The van der Waals surface area contributed by atoms with E-state index in [2.05, 4.69) is 162 Å². The number of hydrogen-bond donors (Lipinski definition) is 0.